The highest BCUT2D eigenvalue weighted by molar-refractivity contribution is 7.88. The molecule has 0 aliphatic carbocycles. The molecule has 1 rings (SSSR count). The van der Waals surface area contributed by atoms with E-state index in [9.17, 15) is 8.42 Å². The van der Waals surface area contributed by atoms with Crippen LogP contribution in [0.2, 0.25) is 0 Å². The zero-order chi connectivity index (χ0) is 20.1. The van der Waals surface area contributed by atoms with Gasteiger partial charge in [-0.15, -0.1) is 0 Å². The van der Waals surface area contributed by atoms with E-state index in [0.29, 0.717) is 12.5 Å². The number of hydrogen-bond donors (Lipinski definition) is 3. The molecule has 0 bridgehead atoms. The van der Waals surface area contributed by atoms with E-state index in [1.54, 1.807) is 0 Å². The molecular formula is C17H34N6O2S. The van der Waals surface area contributed by atoms with Gasteiger partial charge >= 0.3 is 0 Å². The van der Waals surface area contributed by atoms with Gasteiger partial charge in [-0.25, -0.2) is 13.1 Å². The summed E-state index contributed by atoms with van der Waals surface area (Å²) in [4.78, 5) is 4.55. The van der Waals surface area contributed by atoms with Crippen LogP contribution in [0.4, 0.5) is 0 Å². The van der Waals surface area contributed by atoms with Crippen molar-refractivity contribution >= 4 is 16.0 Å². The Hall–Kier alpha value is -1.61. The van der Waals surface area contributed by atoms with Crippen LogP contribution in [0.1, 0.15) is 44.6 Å². The molecule has 3 N–H and O–H groups in total. The number of aliphatic imine (C=N–C) groups is 1. The summed E-state index contributed by atoms with van der Waals surface area (Å²) in [6, 6.07) is 0.153. The Morgan fingerprint density at radius 3 is 2.42 bits per heavy atom. The molecule has 1 aromatic rings. The number of aryl methyl sites for hydroxylation is 2. The van der Waals surface area contributed by atoms with Gasteiger partial charge in [-0.3, -0.25) is 9.67 Å². The van der Waals surface area contributed by atoms with Gasteiger partial charge in [0.25, 0.3) is 0 Å². The third kappa shape index (κ3) is 7.33. The Morgan fingerprint density at radius 2 is 1.96 bits per heavy atom. The molecule has 0 spiro atoms. The summed E-state index contributed by atoms with van der Waals surface area (Å²) < 4.78 is 27.4. The van der Waals surface area contributed by atoms with Gasteiger partial charge in [-0.05, 0) is 53.5 Å². The standard InChI is InChI=1S/C17H34N6O2S/c1-9-18-16(19-11-17(5,6)22-26(8,24)25)20-12(2)10-15-13(3)21-23(7)14(15)4/h12,22H,9-11H2,1-8H3,(H2,18,19,20). The maximum Gasteiger partial charge on any atom is 0.209 e. The van der Waals surface area contributed by atoms with Gasteiger partial charge in [-0.2, -0.15) is 5.10 Å². The Bertz CT molecular complexity index is 737. The van der Waals surface area contributed by atoms with Gasteiger partial charge < -0.3 is 10.6 Å². The van der Waals surface area contributed by atoms with Crippen LogP contribution in [0.3, 0.4) is 0 Å². The van der Waals surface area contributed by atoms with Crippen molar-refractivity contribution in [3.63, 3.8) is 0 Å². The van der Waals surface area contributed by atoms with Crippen molar-refractivity contribution < 1.29 is 8.42 Å². The number of aromatic nitrogens is 2. The molecular weight excluding hydrogens is 352 g/mol. The van der Waals surface area contributed by atoms with Crippen molar-refractivity contribution in [1.82, 2.24) is 25.1 Å². The summed E-state index contributed by atoms with van der Waals surface area (Å²) in [5.74, 6) is 0.669. The van der Waals surface area contributed by atoms with E-state index in [4.69, 9.17) is 0 Å². The van der Waals surface area contributed by atoms with E-state index in [1.165, 1.54) is 5.56 Å². The zero-order valence-electron chi connectivity index (χ0n) is 17.3. The first-order valence-corrected chi connectivity index (χ1v) is 10.8. The minimum atomic E-state index is -3.28. The molecule has 26 heavy (non-hydrogen) atoms. The van der Waals surface area contributed by atoms with Crippen LogP contribution < -0.4 is 15.4 Å². The third-order valence-electron chi connectivity index (χ3n) is 3.99. The number of nitrogens with one attached hydrogen (secondary N) is 3. The van der Waals surface area contributed by atoms with Crippen LogP contribution in [-0.2, 0) is 23.5 Å². The Kier molecular flexibility index (Phi) is 7.64. The predicted molar refractivity (Wildman–Crippen MR) is 107 cm³/mol. The van der Waals surface area contributed by atoms with Gasteiger partial charge in [0.2, 0.25) is 10.0 Å². The highest BCUT2D eigenvalue weighted by atomic mass is 32.2. The molecule has 0 aromatic carbocycles. The van der Waals surface area contributed by atoms with E-state index in [1.807, 2.05) is 39.4 Å². The summed E-state index contributed by atoms with van der Waals surface area (Å²) in [5, 5.41) is 11.1. The molecule has 0 radical (unpaired) electrons. The van der Waals surface area contributed by atoms with E-state index >= 15 is 0 Å². The Morgan fingerprint density at radius 1 is 1.35 bits per heavy atom. The number of guanidine groups is 1. The van der Waals surface area contributed by atoms with Gasteiger partial charge in [0, 0.05) is 30.9 Å². The smallest absolute Gasteiger partial charge is 0.209 e. The topological polar surface area (TPSA) is 100 Å². The van der Waals surface area contributed by atoms with Crippen molar-refractivity contribution in [3.05, 3.63) is 17.0 Å². The summed E-state index contributed by atoms with van der Waals surface area (Å²) in [7, 11) is -1.33. The summed E-state index contributed by atoms with van der Waals surface area (Å²) in [6.45, 7) is 12.9. The van der Waals surface area contributed by atoms with Crippen LogP contribution in [0.5, 0.6) is 0 Å². The average Bonchev–Trinajstić information content (AvgIpc) is 2.69. The highest BCUT2D eigenvalue weighted by Gasteiger charge is 2.22. The first-order chi connectivity index (χ1) is 11.8. The second-order valence-corrected chi connectivity index (χ2v) is 9.22. The summed E-state index contributed by atoms with van der Waals surface area (Å²) in [5.41, 5.74) is 2.79. The van der Waals surface area contributed by atoms with E-state index in [2.05, 4.69) is 39.3 Å². The van der Waals surface area contributed by atoms with Crippen LogP contribution in [0.25, 0.3) is 0 Å². The Labute approximate surface area is 157 Å². The molecule has 0 saturated carbocycles. The maximum absolute atomic E-state index is 11.5. The second kappa shape index (κ2) is 8.85. The number of nitrogens with zero attached hydrogens (tertiary/aromatic N) is 3. The van der Waals surface area contributed by atoms with Crippen molar-refractivity contribution in [3.8, 4) is 0 Å². The fourth-order valence-electron chi connectivity index (χ4n) is 2.83. The summed E-state index contributed by atoms with van der Waals surface area (Å²) >= 11 is 0. The zero-order valence-corrected chi connectivity index (χ0v) is 18.1. The largest absolute Gasteiger partial charge is 0.357 e. The molecule has 0 amide bonds. The van der Waals surface area contributed by atoms with E-state index in [0.717, 1.165) is 30.6 Å². The van der Waals surface area contributed by atoms with Crippen molar-refractivity contribution in [2.24, 2.45) is 12.0 Å². The minimum absolute atomic E-state index is 0.153. The van der Waals surface area contributed by atoms with Gasteiger partial charge in [-0.1, -0.05) is 0 Å². The molecule has 0 aliphatic heterocycles. The van der Waals surface area contributed by atoms with Crippen LogP contribution >= 0.6 is 0 Å². The van der Waals surface area contributed by atoms with Gasteiger partial charge in [0.15, 0.2) is 5.96 Å². The number of sulfonamides is 1. The minimum Gasteiger partial charge on any atom is -0.357 e. The monoisotopic (exact) mass is 386 g/mol. The number of hydrogen-bond acceptors (Lipinski definition) is 4. The van der Waals surface area contributed by atoms with Crippen LogP contribution in [0.15, 0.2) is 4.99 Å². The molecule has 150 valence electrons. The Balaban J connectivity index is 2.80. The van der Waals surface area contributed by atoms with Crippen molar-refractivity contribution in [2.45, 2.75) is 59.5 Å². The summed E-state index contributed by atoms with van der Waals surface area (Å²) in [6.07, 6.45) is 1.99. The fraction of sp³-hybridized carbons (Fsp3) is 0.765. The first-order valence-electron chi connectivity index (χ1n) is 8.87. The molecule has 0 fully saturated rings. The van der Waals surface area contributed by atoms with E-state index < -0.39 is 15.6 Å². The van der Waals surface area contributed by atoms with E-state index in [-0.39, 0.29) is 6.04 Å². The quantitative estimate of drug-likeness (QED) is 0.454. The lowest BCUT2D eigenvalue weighted by Gasteiger charge is -2.24. The highest BCUT2D eigenvalue weighted by Crippen LogP contribution is 2.14. The third-order valence-corrected chi connectivity index (χ3v) is 4.91. The lowest BCUT2D eigenvalue weighted by molar-refractivity contribution is 0.464. The molecule has 9 heteroatoms. The van der Waals surface area contributed by atoms with Crippen molar-refractivity contribution in [2.75, 3.05) is 19.3 Å². The van der Waals surface area contributed by atoms with Crippen LogP contribution in [-0.4, -0.2) is 55.1 Å². The second-order valence-electron chi connectivity index (χ2n) is 7.48. The SMILES string of the molecule is CCNC(=NCC(C)(C)NS(C)(=O)=O)NC(C)Cc1c(C)nn(C)c1C. The average molecular weight is 387 g/mol. The molecule has 0 aliphatic rings. The van der Waals surface area contributed by atoms with Crippen molar-refractivity contribution in [1.29, 1.82) is 0 Å². The molecule has 1 atom stereocenters. The maximum atomic E-state index is 11.5. The van der Waals surface area contributed by atoms with Crippen LogP contribution in [0, 0.1) is 13.8 Å². The lowest BCUT2D eigenvalue weighted by Crippen LogP contribution is -2.48. The normalized spacial score (nSPS) is 14.4. The molecule has 0 saturated heterocycles. The molecule has 8 nitrogen and oxygen atoms in total. The fourth-order valence-corrected chi connectivity index (χ4v) is 3.90. The predicted octanol–water partition coefficient (Wildman–Crippen LogP) is 0.851. The molecule has 1 unspecified atom stereocenters. The van der Waals surface area contributed by atoms with Gasteiger partial charge in [0.05, 0.1) is 18.5 Å². The molecule has 1 heterocycles. The first kappa shape index (κ1) is 22.4. The molecule has 1 aromatic heterocycles. The lowest BCUT2D eigenvalue weighted by atomic mass is 10.1. The number of rotatable bonds is 8. The van der Waals surface area contributed by atoms with Gasteiger partial charge in [0.1, 0.15) is 0 Å².